The van der Waals surface area contributed by atoms with E-state index >= 15 is 0 Å². The van der Waals surface area contributed by atoms with Crippen molar-refractivity contribution in [2.45, 2.75) is 43.4 Å². The molecule has 0 N–H and O–H groups in total. The minimum atomic E-state index is -3.63. The van der Waals surface area contributed by atoms with Crippen LogP contribution in [-0.4, -0.2) is 102 Å². The number of likely N-dealkylation sites (tertiary alicyclic amines) is 2. The molecule has 0 aromatic heterocycles. The Kier molecular flexibility index (Phi) is 8.50. The lowest BCUT2D eigenvalue weighted by Crippen LogP contribution is -2.43. The van der Waals surface area contributed by atoms with Crippen LogP contribution >= 0.6 is 0 Å². The molecule has 0 atom stereocenters. The predicted molar refractivity (Wildman–Crippen MR) is 134 cm³/mol. The summed E-state index contributed by atoms with van der Waals surface area (Å²) in [7, 11) is -0.594. The highest BCUT2D eigenvalue weighted by molar-refractivity contribution is 7.89. The van der Waals surface area contributed by atoms with Crippen LogP contribution in [0.4, 0.5) is 5.69 Å². The van der Waals surface area contributed by atoms with Crippen molar-refractivity contribution < 1.29 is 17.9 Å². The van der Waals surface area contributed by atoms with Gasteiger partial charge in [0.05, 0.1) is 23.7 Å². The fourth-order valence-corrected chi connectivity index (χ4v) is 6.24. The second kappa shape index (κ2) is 11.4. The zero-order chi connectivity index (χ0) is 24.1. The molecule has 8 nitrogen and oxygen atoms in total. The summed E-state index contributed by atoms with van der Waals surface area (Å²) in [4.78, 5) is 20.5. The topological polar surface area (TPSA) is 73.4 Å². The van der Waals surface area contributed by atoms with Crippen molar-refractivity contribution in [3.63, 3.8) is 0 Å². The summed E-state index contributed by atoms with van der Waals surface area (Å²) in [5.74, 6) is 0.562. The summed E-state index contributed by atoms with van der Waals surface area (Å²) in [6.45, 7) is 7.59. The third kappa shape index (κ3) is 5.93. The van der Waals surface area contributed by atoms with Gasteiger partial charge in [-0.1, -0.05) is 12.8 Å². The van der Waals surface area contributed by atoms with Gasteiger partial charge in [-0.05, 0) is 62.9 Å². The highest BCUT2D eigenvalue weighted by atomic mass is 32.2. The first-order chi connectivity index (χ1) is 16.4. The lowest BCUT2D eigenvalue weighted by molar-refractivity contribution is 0.0667. The molecule has 0 radical (unpaired) electrons. The molecule has 0 bridgehead atoms. The van der Waals surface area contributed by atoms with Crippen LogP contribution < -0.4 is 4.90 Å². The third-order valence-corrected chi connectivity index (χ3v) is 9.26. The number of amides is 1. The second-order valence-corrected chi connectivity index (χ2v) is 12.2. The van der Waals surface area contributed by atoms with E-state index in [9.17, 15) is 13.2 Å². The van der Waals surface area contributed by atoms with E-state index in [1.54, 1.807) is 18.2 Å². The van der Waals surface area contributed by atoms with Gasteiger partial charge in [0.15, 0.2) is 0 Å². The molecular formula is C25H40N4O4S. The fraction of sp³-hybridized carbons (Fsp3) is 0.720. The zero-order valence-electron chi connectivity index (χ0n) is 20.7. The first kappa shape index (κ1) is 25.4. The molecule has 190 valence electrons. The van der Waals surface area contributed by atoms with Gasteiger partial charge >= 0.3 is 0 Å². The van der Waals surface area contributed by atoms with Gasteiger partial charge in [0, 0.05) is 52.5 Å². The van der Waals surface area contributed by atoms with Gasteiger partial charge in [0.2, 0.25) is 10.0 Å². The van der Waals surface area contributed by atoms with Crippen molar-refractivity contribution >= 4 is 21.6 Å². The molecule has 34 heavy (non-hydrogen) atoms. The SMILES string of the molecule is CN(C)S(=O)(=O)c1ccc(N2CCOCC2)c(C(=O)N2CCC(CN3CCCCCC3)CC2)c1. The lowest BCUT2D eigenvalue weighted by atomic mass is 9.95. The Morgan fingerprint density at radius 2 is 1.62 bits per heavy atom. The highest BCUT2D eigenvalue weighted by Gasteiger charge is 2.29. The number of sulfonamides is 1. The monoisotopic (exact) mass is 492 g/mol. The third-order valence-electron chi connectivity index (χ3n) is 7.45. The number of nitrogens with zero attached hydrogens (tertiary/aromatic N) is 4. The minimum Gasteiger partial charge on any atom is -0.378 e. The van der Waals surface area contributed by atoms with Crippen LogP contribution in [0.1, 0.15) is 48.9 Å². The van der Waals surface area contributed by atoms with Crippen LogP contribution in [0.5, 0.6) is 0 Å². The van der Waals surface area contributed by atoms with E-state index in [4.69, 9.17) is 4.74 Å². The van der Waals surface area contributed by atoms with E-state index in [-0.39, 0.29) is 10.8 Å². The molecule has 0 spiro atoms. The Morgan fingerprint density at radius 3 is 2.24 bits per heavy atom. The number of carbonyl (C=O) groups is 1. The summed E-state index contributed by atoms with van der Waals surface area (Å²) < 4.78 is 32.3. The Hall–Kier alpha value is -1.68. The molecule has 0 unspecified atom stereocenters. The molecule has 3 aliphatic rings. The van der Waals surface area contributed by atoms with Crippen molar-refractivity contribution in [3.8, 4) is 0 Å². The summed E-state index contributed by atoms with van der Waals surface area (Å²) in [5.41, 5.74) is 1.29. The molecule has 1 aromatic rings. The van der Waals surface area contributed by atoms with Gasteiger partial charge in [-0.2, -0.15) is 0 Å². The molecule has 3 saturated heterocycles. The maximum absolute atomic E-state index is 13.7. The summed E-state index contributed by atoms with van der Waals surface area (Å²) in [6, 6.07) is 4.98. The summed E-state index contributed by atoms with van der Waals surface area (Å²) in [6.07, 6.45) is 7.30. The van der Waals surface area contributed by atoms with Crippen molar-refractivity contribution in [1.29, 1.82) is 0 Å². The van der Waals surface area contributed by atoms with Crippen LogP contribution in [0.2, 0.25) is 0 Å². The number of carbonyl (C=O) groups excluding carboxylic acids is 1. The van der Waals surface area contributed by atoms with E-state index in [0.717, 1.165) is 38.2 Å². The van der Waals surface area contributed by atoms with Crippen LogP contribution in [0.15, 0.2) is 23.1 Å². The Balaban J connectivity index is 1.49. The number of morpholine rings is 1. The van der Waals surface area contributed by atoms with Gasteiger partial charge in [-0.3, -0.25) is 4.79 Å². The second-order valence-electron chi connectivity index (χ2n) is 10.0. The maximum atomic E-state index is 13.7. The van der Waals surface area contributed by atoms with Crippen molar-refractivity contribution in [1.82, 2.24) is 14.1 Å². The van der Waals surface area contributed by atoms with Crippen molar-refractivity contribution in [2.75, 3.05) is 78.0 Å². The zero-order valence-corrected chi connectivity index (χ0v) is 21.6. The quantitative estimate of drug-likeness (QED) is 0.608. The van der Waals surface area contributed by atoms with E-state index in [0.29, 0.717) is 37.8 Å². The number of hydrogen-bond donors (Lipinski definition) is 0. The average molecular weight is 493 g/mol. The van der Waals surface area contributed by atoms with Gasteiger partial charge < -0.3 is 19.4 Å². The molecule has 3 fully saturated rings. The minimum absolute atomic E-state index is 0.0643. The molecule has 9 heteroatoms. The smallest absolute Gasteiger partial charge is 0.256 e. The van der Waals surface area contributed by atoms with Crippen LogP contribution in [0, 0.1) is 5.92 Å². The lowest BCUT2D eigenvalue weighted by Gasteiger charge is -2.36. The number of anilines is 1. The summed E-state index contributed by atoms with van der Waals surface area (Å²) in [5, 5.41) is 0. The molecule has 3 aliphatic heterocycles. The maximum Gasteiger partial charge on any atom is 0.256 e. The van der Waals surface area contributed by atoms with Gasteiger partial charge in [0.1, 0.15) is 0 Å². The van der Waals surface area contributed by atoms with E-state index in [1.807, 2.05) is 4.90 Å². The Bertz CT molecular complexity index is 930. The molecule has 1 amide bonds. The number of ether oxygens (including phenoxy) is 1. The van der Waals surface area contributed by atoms with Gasteiger partial charge in [-0.15, -0.1) is 0 Å². The molecule has 1 aromatic carbocycles. The van der Waals surface area contributed by atoms with E-state index < -0.39 is 10.0 Å². The molecule has 0 saturated carbocycles. The predicted octanol–water partition coefficient (Wildman–Crippen LogP) is 2.50. The first-order valence-electron chi connectivity index (χ1n) is 12.8. The normalized spacial score (nSPS) is 21.6. The van der Waals surface area contributed by atoms with Crippen LogP contribution in [0.3, 0.4) is 0 Å². The van der Waals surface area contributed by atoms with Crippen LogP contribution in [-0.2, 0) is 14.8 Å². The van der Waals surface area contributed by atoms with Crippen LogP contribution in [0.25, 0.3) is 0 Å². The van der Waals surface area contributed by atoms with Gasteiger partial charge in [0.25, 0.3) is 5.91 Å². The van der Waals surface area contributed by atoms with Crippen molar-refractivity contribution in [3.05, 3.63) is 23.8 Å². The van der Waals surface area contributed by atoms with Crippen molar-refractivity contribution in [2.24, 2.45) is 5.92 Å². The molecule has 4 rings (SSSR count). The number of benzene rings is 1. The summed E-state index contributed by atoms with van der Waals surface area (Å²) >= 11 is 0. The first-order valence-corrected chi connectivity index (χ1v) is 14.2. The van der Waals surface area contributed by atoms with E-state index in [2.05, 4.69) is 9.80 Å². The molecule has 0 aliphatic carbocycles. The number of rotatable bonds is 6. The number of piperidine rings is 1. The Morgan fingerprint density at radius 1 is 0.971 bits per heavy atom. The Labute approximate surface area is 204 Å². The largest absolute Gasteiger partial charge is 0.378 e. The highest BCUT2D eigenvalue weighted by Crippen LogP contribution is 2.29. The number of hydrogen-bond acceptors (Lipinski definition) is 6. The fourth-order valence-electron chi connectivity index (χ4n) is 5.31. The molecule has 3 heterocycles. The molecular weight excluding hydrogens is 452 g/mol. The van der Waals surface area contributed by atoms with Gasteiger partial charge in [-0.25, -0.2) is 12.7 Å². The standard InChI is InChI=1S/C25H40N4O4S/c1-26(2)34(31,32)22-7-8-24(28-15-17-33-18-16-28)23(19-22)25(30)29-13-9-21(10-14-29)20-27-11-5-3-4-6-12-27/h7-8,19,21H,3-6,9-18,20H2,1-2H3. The average Bonchev–Trinajstić information content (AvgIpc) is 3.13. The van der Waals surface area contributed by atoms with E-state index in [1.165, 1.54) is 57.2 Å².